The summed E-state index contributed by atoms with van der Waals surface area (Å²) in [5.74, 6) is 0. The molecule has 0 radical (unpaired) electrons. The summed E-state index contributed by atoms with van der Waals surface area (Å²) >= 11 is 1.76. The summed E-state index contributed by atoms with van der Waals surface area (Å²) in [6.45, 7) is 10.9. The minimum atomic E-state index is 0.00961. The van der Waals surface area contributed by atoms with Crippen LogP contribution in [0.1, 0.15) is 53.5 Å². The predicted molar refractivity (Wildman–Crippen MR) is 87.4 cm³/mol. The molecule has 0 bridgehead atoms. The van der Waals surface area contributed by atoms with Crippen LogP contribution in [-0.2, 0) is 11.8 Å². The molecular formula is C17H24N2S. The SMILES string of the molecule is Cc1nc(CC(N)c2ccccc2C(C)(C)C)sc1C. The normalized spacial score (nSPS) is 13.5. The van der Waals surface area contributed by atoms with Crippen LogP contribution in [0.5, 0.6) is 0 Å². The molecular weight excluding hydrogens is 264 g/mol. The van der Waals surface area contributed by atoms with E-state index in [1.54, 1.807) is 11.3 Å². The van der Waals surface area contributed by atoms with Crippen molar-refractivity contribution in [2.45, 2.75) is 52.5 Å². The van der Waals surface area contributed by atoms with Crippen LogP contribution in [0.2, 0.25) is 0 Å². The van der Waals surface area contributed by atoms with Gasteiger partial charge in [-0.25, -0.2) is 4.98 Å². The molecule has 0 fully saturated rings. The van der Waals surface area contributed by atoms with Gasteiger partial charge in [-0.2, -0.15) is 0 Å². The van der Waals surface area contributed by atoms with Crippen LogP contribution in [0.4, 0.5) is 0 Å². The molecule has 2 N–H and O–H groups in total. The third kappa shape index (κ3) is 3.28. The van der Waals surface area contributed by atoms with Gasteiger partial charge in [0.2, 0.25) is 0 Å². The van der Waals surface area contributed by atoms with Crippen LogP contribution in [0.25, 0.3) is 0 Å². The third-order valence-corrected chi connectivity index (χ3v) is 4.73. The smallest absolute Gasteiger partial charge is 0.0949 e. The number of hydrogen-bond donors (Lipinski definition) is 1. The van der Waals surface area contributed by atoms with E-state index < -0.39 is 0 Å². The lowest BCUT2D eigenvalue weighted by Gasteiger charge is -2.25. The Morgan fingerprint density at radius 3 is 2.40 bits per heavy atom. The Kier molecular flexibility index (Phi) is 4.31. The summed E-state index contributed by atoms with van der Waals surface area (Å²) in [4.78, 5) is 5.89. The van der Waals surface area contributed by atoms with Gasteiger partial charge in [0.25, 0.3) is 0 Å². The zero-order valence-corrected chi connectivity index (χ0v) is 13.8. The summed E-state index contributed by atoms with van der Waals surface area (Å²) in [7, 11) is 0. The van der Waals surface area contributed by atoms with E-state index in [-0.39, 0.29) is 11.5 Å². The molecule has 1 heterocycles. The minimum Gasteiger partial charge on any atom is -0.324 e. The van der Waals surface area contributed by atoms with Crippen LogP contribution in [-0.4, -0.2) is 4.98 Å². The second-order valence-corrected chi connectivity index (χ2v) is 7.68. The Morgan fingerprint density at radius 1 is 1.20 bits per heavy atom. The third-order valence-electron chi connectivity index (χ3n) is 3.64. The maximum atomic E-state index is 6.45. The summed E-state index contributed by atoms with van der Waals surface area (Å²) in [6, 6.07) is 8.51. The van der Waals surface area contributed by atoms with Crippen molar-refractivity contribution in [3.63, 3.8) is 0 Å². The molecule has 3 heteroatoms. The molecule has 108 valence electrons. The first-order valence-corrected chi connectivity index (χ1v) is 7.88. The monoisotopic (exact) mass is 288 g/mol. The zero-order chi connectivity index (χ0) is 14.9. The average Bonchev–Trinajstić information content (AvgIpc) is 2.67. The number of rotatable bonds is 3. The van der Waals surface area contributed by atoms with E-state index in [4.69, 9.17) is 5.73 Å². The van der Waals surface area contributed by atoms with E-state index in [1.165, 1.54) is 16.0 Å². The van der Waals surface area contributed by atoms with Gasteiger partial charge in [0, 0.05) is 17.3 Å². The van der Waals surface area contributed by atoms with Crippen LogP contribution in [0.15, 0.2) is 24.3 Å². The van der Waals surface area contributed by atoms with Crippen molar-refractivity contribution in [3.05, 3.63) is 51.0 Å². The van der Waals surface area contributed by atoms with E-state index in [0.717, 1.165) is 17.1 Å². The number of benzene rings is 1. The molecule has 0 amide bonds. The van der Waals surface area contributed by atoms with Gasteiger partial charge in [0.05, 0.1) is 10.7 Å². The van der Waals surface area contributed by atoms with Gasteiger partial charge in [-0.3, -0.25) is 0 Å². The fourth-order valence-electron chi connectivity index (χ4n) is 2.43. The van der Waals surface area contributed by atoms with Crippen LogP contribution < -0.4 is 5.73 Å². The highest BCUT2D eigenvalue weighted by molar-refractivity contribution is 7.11. The number of aryl methyl sites for hydroxylation is 2. The van der Waals surface area contributed by atoms with Gasteiger partial charge < -0.3 is 5.73 Å². The van der Waals surface area contributed by atoms with E-state index >= 15 is 0 Å². The molecule has 0 spiro atoms. The van der Waals surface area contributed by atoms with Crippen molar-refractivity contribution in [1.82, 2.24) is 4.98 Å². The fraction of sp³-hybridized carbons (Fsp3) is 0.471. The average molecular weight is 288 g/mol. The number of nitrogens with two attached hydrogens (primary N) is 1. The highest BCUT2D eigenvalue weighted by atomic mass is 32.1. The van der Waals surface area contributed by atoms with Crippen LogP contribution in [0, 0.1) is 13.8 Å². The molecule has 0 aliphatic rings. The predicted octanol–water partition coefficient (Wildman–Crippen LogP) is 4.30. The first kappa shape index (κ1) is 15.2. The lowest BCUT2D eigenvalue weighted by Crippen LogP contribution is -2.21. The molecule has 0 aliphatic heterocycles. The van der Waals surface area contributed by atoms with Crippen LogP contribution in [0.3, 0.4) is 0 Å². The van der Waals surface area contributed by atoms with Gasteiger partial charge in [-0.05, 0) is 30.4 Å². The van der Waals surface area contributed by atoms with E-state index in [1.807, 2.05) is 0 Å². The minimum absolute atomic E-state index is 0.00961. The molecule has 2 aromatic rings. The zero-order valence-electron chi connectivity index (χ0n) is 13.0. The first-order chi connectivity index (χ1) is 9.29. The molecule has 0 saturated carbocycles. The summed E-state index contributed by atoms with van der Waals surface area (Å²) in [5, 5.41) is 1.14. The van der Waals surface area contributed by atoms with E-state index in [0.29, 0.717) is 0 Å². The highest BCUT2D eigenvalue weighted by Gasteiger charge is 2.21. The Labute approximate surface area is 126 Å². The molecule has 20 heavy (non-hydrogen) atoms. The molecule has 1 atom stereocenters. The Balaban J connectivity index is 2.27. The fourth-order valence-corrected chi connectivity index (χ4v) is 3.42. The summed E-state index contributed by atoms with van der Waals surface area (Å²) in [5.41, 5.74) is 10.3. The largest absolute Gasteiger partial charge is 0.324 e. The van der Waals surface area contributed by atoms with Crippen molar-refractivity contribution in [1.29, 1.82) is 0 Å². The second-order valence-electron chi connectivity index (χ2n) is 6.40. The number of nitrogens with zero attached hydrogens (tertiary/aromatic N) is 1. The lowest BCUT2D eigenvalue weighted by atomic mass is 9.81. The molecule has 1 aromatic carbocycles. The Hall–Kier alpha value is -1.19. The van der Waals surface area contributed by atoms with E-state index in [9.17, 15) is 0 Å². The highest BCUT2D eigenvalue weighted by Crippen LogP contribution is 2.31. The van der Waals surface area contributed by atoms with Crippen LogP contribution >= 0.6 is 11.3 Å². The maximum Gasteiger partial charge on any atom is 0.0949 e. The molecule has 2 rings (SSSR count). The standard InChI is InChI=1S/C17H24N2S/c1-11-12(2)20-16(19-11)10-15(18)13-8-6-7-9-14(13)17(3,4)5/h6-9,15H,10,18H2,1-5H3. The topological polar surface area (TPSA) is 38.9 Å². The molecule has 1 unspecified atom stereocenters. The molecule has 0 aliphatic carbocycles. The van der Waals surface area contributed by atoms with Crippen molar-refractivity contribution in [2.24, 2.45) is 5.73 Å². The number of thiazole rings is 1. The first-order valence-electron chi connectivity index (χ1n) is 7.07. The van der Waals surface area contributed by atoms with Gasteiger partial charge in [0.15, 0.2) is 0 Å². The van der Waals surface area contributed by atoms with Gasteiger partial charge in [0.1, 0.15) is 0 Å². The maximum absolute atomic E-state index is 6.45. The molecule has 0 saturated heterocycles. The Bertz CT molecular complexity index is 574. The number of hydrogen-bond acceptors (Lipinski definition) is 3. The van der Waals surface area contributed by atoms with Crippen molar-refractivity contribution in [3.8, 4) is 0 Å². The molecule has 2 nitrogen and oxygen atoms in total. The van der Waals surface area contributed by atoms with Gasteiger partial charge >= 0.3 is 0 Å². The quantitative estimate of drug-likeness (QED) is 0.914. The van der Waals surface area contributed by atoms with Crippen molar-refractivity contribution >= 4 is 11.3 Å². The second kappa shape index (κ2) is 5.66. The van der Waals surface area contributed by atoms with Gasteiger partial charge in [-0.15, -0.1) is 11.3 Å². The van der Waals surface area contributed by atoms with Crippen molar-refractivity contribution < 1.29 is 0 Å². The molecule has 1 aromatic heterocycles. The summed E-state index contributed by atoms with van der Waals surface area (Å²) < 4.78 is 0. The summed E-state index contributed by atoms with van der Waals surface area (Å²) in [6.07, 6.45) is 0.812. The van der Waals surface area contributed by atoms with E-state index in [2.05, 4.69) is 63.9 Å². The van der Waals surface area contributed by atoms with Gasteiger partial charge in [-0.1, -0.05) is 45.0 Å². The number of aromatic nitrogens is 1. The van der Waals surface area contributed by atoms with Crippen molar-refractivity contribution in [2.75, 3.05) is 0 Å². The lowest BCUT2D eigenvalue weighted by molar-refractivity contribution is 0.568. The Morgan fingerprint density at radius 2 is 1.85 bits per heavy atom.